The molecule has 150 valence electrons. The molecular formula is C20H30Cl2N4O. The van der Waals surface area contributed by atoms with Gasteiger partial charge in [-0.1, -0.05) is 57.0 Å². The molecule has 0 radical (unpaired) electrons. The highest BCUT2D eigenvalue weighted by molar-refractivity contribution is 6.42. The molecule has 0 bridgehead atoms. The summed E-state index contributed by atoms with van der Waals surface area (Å²) >= 11 is 12.2. The summed E-state index contributed by atoms with van der Waals surface area (Å²) in [6, 6.07) is 5.95. The standard InChI is InChI=1S/C20H30Cl2N4O/c1-13(2)18(27)26-9-8-15(11-26)25-19(23-5)24-12-20(3,4)14-6-7-16(21)17(22)10-14/h6-7,10,13,15H,8-9,11-12H2,1-5H3,(H2,23,24,25). The number of guanidine groups is 1. The van der Waals surface area contributed by atoms with E-state index >= 15 is 0 Å². The zero-order valence-electron chi connectivity index (χ0n) is 16.8. The van der Waals surface area contributed by atoms with Crippen LogP contribution in [0.5, 0.6) is 0 Å². The third kappa shape index (κ3) is 5.76. The van der Waals surface area contributed by atoms with Crippen LogP contribution in [0.25, 0.3) is 0 Å². The fourth-order valence-electron chi connectivity index (χ4n) is 3.16. The topological polar surface area (TPSA) is 56.7 Å². The van der Waals surface area contributed by atoms with Crippen LogP contribution >= 0.6 is 23.2 Å². The van der Waals surface area contributed by atoms with E-state index in [0.717, 1.165) is 24.5 Å². The number of halogens is 2. The van der Waals surface area contributed by atoms with E-state index in [9.17, 15) is 4.79 Å². The van der Waals surface area contributed by atoms with Gasteiger partial charge in [0.15, 0.2) is 5.96 Å². The first-order valence-electron chi connectivity index (χ1n) is 9.35. The Hall–Kier alpha value is -1.46. The Morgan fingerprint density at radius 1 is 1.33 bits per heavy atom. The van der Waals surface area contributed by atoms with Crippen LogP contribution in [0.3, 0.4) is 0 Å². The van der Waals surface area contributed by atoms with Gasteiger partial charge in [0.1, 0.15) is 0 Å². The molecule has 0 saturated carbocycles. The van der Waals surface area contributed by atoms with Crippen molar-refractivity contribution in [2.75, 3.05) is 26.7 Å². The number of nitrogens with one attached hydrogen (secondary N) is 2. The molecular weight excluding hydrogens is 383 g/mol. The molecule has 1 atom stereocenters. The van der Waals surface area contributed by atoms with E-state index in [2.05, 4.69) is 29.5 Å². The van der Waals surface area contributed by atoms with E-state index in [1.807, 2.05) is 36.9 Å². The molecule has 7 heteroatoms. The maximum atomic E-state index is 12.1. The predicted molar refractivity (Wildman–Crippen MR) is 114 cm³/mol. The van der Waals surface area contributed by atoms with Crippen molar-refractivity contribution in [1.82, 2.24) is 15.5 Å². The Balaban J connectivity index is 1.92. The Bertz CT molecular complexity index is 703. The lowest BCUT2D eigenvalue weighted by molar-refractivity contribution is -0.133. The SMILES string of the molecule is CN=C(NCC(C)(C)c1ccc(Cl)c(Cl)c1)NC1CCN(C(=O)C(C)C)C1. The molecule has 2 rings (SSSR count). The van der Waals surface area contributed by atoms with Crippen molar-refractivity contribution in [3.05, 3.63) is 33.8 Å². The number of carbonyl (C=O) groups excluding carboxylic acids is 1. The maximum absolute atomic E-state index is 12.1. The smallest absolute Gasteiger partial charge is 0.225 e. The first kappa shape index (κ1) is 21.8. The molecule has 0 spiro atoms. The molecule has 5 nitrogen and oxygen atoms in total. The molecule has 0 aliphatic carbocycles. The molecule has 0 aromatic heterocycles. The molecule has 1 unspecified atom stereocenters. The molecule has 1 aliphatic heterocycles. The number of benzene rings is 1. The number of likely N-dealkylation sites (tertiary alicyclic amines) is 1. The average Bonchev–Trinajstić information content (AvgIpc) is 3.08. The average molecular weight is 413 g/mol. The maximum Gasteiger partial charge on any atom is 0.225 e. The number of aliphatic imine (C=N–C) groups is 1. The van der Waals surface area contributed by atoms with Crippen molar-refractivity contribution in [3.8, 4) is 0 Å². The van der Waals surface area contributed by atoms with Crippen LogP contribution < -0.4 is 10.6 Å². The summed E-state index contributed by atoms with van der Waals surface area (Å²) in [7, 11) is 1.76. The van der Waals surface area contributed by atoms with Crippen LogP contribution in [0.4, 0.5) is 0 Å². The minimum atomic E-state index is -0.152. The summed E-state index contributed by atoms with van der Waals surface area (Å²) in [5.41, 5.74) is 0.954. The van der Waals surface area contributed by atoms with Crippen molar-refractivity contribution in [2.45, 2.75) is 45.6 Å². The van der Waals surface area contributed by atoms with Gasteiger partial charge in [-0.05, 0) is 24.1 Å². The second-order valence-electron chi connectivity index (χ2n) is 8.01. The first-order valence-corrected chi connectivity index (χ1v) is 10.1. The van der Waals surface area contributed by atoms with Gasteiger partial charge in [-0.25, -0.2) is 0 Å². The zero-order valence-corrected chi connectivity index (χ0v) is 18.3. The van der Waals surface area contributed by atoms with Crippen LogP contribution in [0.2, 0.25) is 10.0 Å². The number of nitrogens with zero attached hydrogens (tertiary/aromatic N) is 2. The van der Waals surface area contributed by atoms with E-state index < -0.39 is 0 Å². The second-order valence-corrected chi connectivity index (χ2v) is 8.82. The lowest BCUT2D eigenvalue weighted by Gasteiger charge is -2.28. The number of rotatable bonds is 5. The Morgan fingerprint density at radius 2 is 2.04 bits per heavy atom. The second kappa shape index (κ2) is 9.16. The number of carbonyl (C=O) groups is 1. The molecule has 27 heavy (non-hydrogen) atoms. The van der Waals surface area contributed by atoms with Gasteiger partial charge in [-0.3, -0.25) is 9.79 Å². The first-order chi connectivity index (χ1) is 12.6. The number of hydrogen-bond donors (Lipinski definition) is 2. The van der Waals surface area contributed by atoms with Crippen molar-refractivity contribution in [3.63, 3.8) is 0 Å². The normalized spacial score (nSPS) is 18.1. The molecule has 2 N–H and O–H groups in total. The fourth-order valence-corrected chi connectivity index (χ4v) is 3.45. The monoisotopic (exact) mass is 412 g/mol. The summed E-state index contributed by atoms with van der Waals surface area (Å²) in [5, 5.41) is 7.95. The summed E-state index contributed by atoms with van der Waals surface area (Å²) < 4.78 is 0. The minimum Gasteiger partial charge on any atom is -0.356 e. The summed E-state index contributed by atoms with van der Waals surface area (Å²) in [5.74, 6) is 0.989. The number of amides is 1. The molecule has 1 fully saturated rings. The molecule has 1 aliphatic rings. The van der Waals surface area contributed by atoms with Gasteiger partial charge in [0.05, 0.1) is 10.0 Å². The quantitative estimate of drug-likeness (QED) is 0.572. The van der Waals surface area contributed by atoms with E-state index in [4.69, 9.17) is 23.2 Å². The van der Waals surface area contributed by atoms with Crippen molar-refractivity contribution in [2.24, 2.45) is 10.9 Å². The van der Waals surface area contributed by atoms with Crippen molar-refractivity contribution < 1.29 is 4.79 Å². The van der Waals surface area contributed by atoms with Gasteiger partial charge in [0.2, 0.25) is 5.91 Å². The molecule has 1 heterocycles. The summed E-state index contributed by atoms with van der Waals surface area (Å²) in [6.45, 7) is 10.4. The Labute approximate surface area is 172 Å². The number of hydrogen-bond acceptors (Lipinski definition) is 2. The van der Waals surface area contributed by atoms with Gasteiger partial charge in [-0.15, -0.1) is 0 Å². The van der Waals surface area contributed by atoms with Crippen LogP contribution in [0.1, 0.15) is 39.7 Å². The lowest BCUT2D eigenvalue weighted by atomic mass is 9.84. The molecule has 1 amide bonds. The van der Waals surface area contributed by atoms with E-state index in [1.54, 1.807) is 7.05 Å². The van der Waals surface area contributed by atoms with Crippen molar-refractivity contribution >= 4 is 35.1 Å². The largest absolute Gasteiger partial charge is 0.356 e. The highest BCUT2D eigenvalue weighted by Crippen LogP contribution is 2.29. The minimum absolute atomic E-state index is 0.0354. The third-order valence-corrected chi connectivity index (χ3v) is 5.70. The molecule has 1 saturated heterocycles. The Morgan fingerprint density at radius 3 is 2.63 bits per heavy atom. The van der Waals surface area contributed by atoms with E-state index in [-0.39, 0.29) is 23.3 Å². The van der Waals surface area contributed by atoms with E-state index in [1.165, 1.54) is 0 Å². The highest BCUT2D eigenvalue weighted by atomic mass is 35.5. The van der Waals surface area contributed by atoms with E-state index in [0.29, 0.717) is 23.1 Å². The fraction of sp³-hybridized carbons (Fsp3) is 0.600. The predicted octanol–water partition coefficient (Wildman–Crippen LogP) is 3.69. The van der Waals surface area contributed by atoms with Crippen LogP contribution in [0, 0.1) is 5.92 Å². The van der Waals surface area contributed by atoms with Crippen LogP contribution in [-0.4, -0.2) is 49.5 Å². The molecule has 1 aromatic rings. The van der Waals surface area contributed by atoms with Crippen LogP contribution in [0.15, 0.2) is 23.2 Å². The van der Waals surface area contributed by atoms with Gasteiger partial charge in [-0.2, -0.15) is 0 Å². The van der Waals surface area contributed by atoms with Gasteiger partial charge < -0.3 is 15.5 Å². The van der Waals surface area contributed by atoms with Gasteiger partial charge >= 0.3 is 0 Å². The Kier molecular flexibility index (Phi) is 7.40. The van der Waals surface area contributed by atoms with Gasteiger partial charge in [0.25, 0.3) is 0 Å². The molecule has 1 aromatic carbocycles. The van der Waals surface area contributed by atoms with Crippen molar-refractivity contribution in [1.29, 1.82) is 0 Å². The van der Waals surface area contributed by atoms with Crippen LogP contribution in [-0.2, 0) is 10.2 Å². The third-order valence-electron chi connectivity index (χ3n) is 4.96. The van der Waals surface area contributed by atoms with Gasteiger partial charge in [0, 0.05) is 44.1 Å². The zero-order chi connectivity index (χ0) is 20.2. The summed E-state index contributed by atoms with van der Waals surface area (Å²) in [4.78, 5) is 18.4. The summed E-state index contributed by atoms with van der Waals surface area (Å²) in [6.07, 6.45) is 0.926. The highest BCUT2D eigenvalue weighted by Gasteiger charge is 2.28. The lowest BCUT2D eigenvalue weighted by Crippen LogP contribution is -2.48.